The fraction of sp³-hybridized carbons (Fsp3) is 0.316. The summed E-state index contributed by atoms with van der Waals surface area (Å²) < 4.78 is 51.9. The normalized spacial score (nSPS) is 13.0. The maximum Gasteiger partial charge on any atom is 0.277 e. The van der Waals surface area contributed by atoms with Gasteiger partial charge in [0.2, 0.25) is 0 Å². The zero-order valence-corrected chi connectivity index (χ0v) is 18.0. The van der Waals surface area contributed by atoms with Crippen LogP contribution in [0.25, 0.3) is 0 Å². The van der Waals surface area contributed by atoms with Crippen molar-refractivity contribution < 1.29 is 22.0 Å². The van der Waals surface area contributed by atoms with Crippen molar-refractivity contribution in [3.05, 3.63) is 58.4 Å². The van der Waals surface area contributed by atoms with E-state index in [0.29, 0.717) is 0 Å². The minimum absolute atomic E-state index is 0.0247. The van der Waals surface area contributed by atoms with Crippen molar-refractivity contribution in [2.24, 2.45) is 5.73 Å². The van der Waals surface area contributed by atoms with Gasteiger partial charge in [0, 0.05) is 11.9 Å². The van der Waals surface area contributed by atoms with Crippen molar-refractivity contribution in [2.75, 3.05) is 11.1 Å². The van der Waals surface area contributed by atoms with E-state index in [2.05, 4.69) is 10.3 Å². The van der Waals surface area contributed by atoms with E-state index in [1.807, 2.05) is 0 Å². The van der Waals surface area contributed by atoms with Crippen LogP contribution in [0.5, 0.6) is 0 Å². The number of pyridine rings is 1. The van der Waals surface area contributed by atoms with Gasteiger partial charge >= 0.3 is 0 Å². The number of sulfone groups is 1. The fourth-order valence-corrected chi connectivity index (χ4v) is 4.30. The number of benzene rings is 1. The number of nitrogens with zero attached hydrogens (tertiary/aromatic N) is 1. The SMILES string of the molecule is CC(CS(=O)(=O)C(C)(C)C(=N)N)c1cc(NC(=O)c2ncc(Cl)cc2F)ccc1F. The summed E-state index contributed by atoms with van der Waals surface area (Å²) in [5.41, 5.74) is 5.05. The van der Waals surface area contributed by atoms with Crippen molar-refractivity contribution in [3.8, 4) is 0 Å². The third-order valence-corrected chi connectivity index (χ3v) is 7.62. The number of anilines is 1. The highest BCUT2D eigenvalue weighted by molar-refractivity contribution is 7.93. The molecule has 7 nitrogen and oxygen atoms in total. The van der Waals surface area contributed by atoms with Crippen LogP contribution in [0.15, 0.2) is 30.5 Å². The first-order valence-electron chi connectivity index (χ1n) is 8.75. The number of carbonyl (C=O) groups excluding carboxylic acids is 1. The topological polar surface area (TPSA) is 126 Å². The van der Waals surface area contributed by atoms with Crippen molar-refractivity contribution >= 4 is 38.9 Å². The average Bonchev–Trinajstić information content (AvgIpc) is 2.62. The number of hydrogen-bond acceptors (Lipinski definition) is 5. The molecule has 0 aliphatic carbocycles. The number of amides is 1. The summed E-state index contributed by atoms with van der Waals surface area (Å²) in [4.78, 5) is 15.9. The second-order valence-corrected chi connectivity index (χ2v) is 10.3. The Morgan fingerprint density at radius 1 is 1.30 bits per heavy atom. The van der Waals surface area contributed by atoms with Gasteiger partial charge in [-0.3, -0.25) is 10.2 Å². The van der Waals surface area contributed by atoms with Crippen molar-refractivity contribution in [1.29, 1.82) is 5.41 Å². The van der Waals surface area contributed by atoms with Crippen LogP contribution in [0.3, 0.4) is 0 Å². The second-order valence-electron chi connectivity index (χ2n) is 7.28. The lowest BCUT2D eigenvalue weighted by molar-refractivity contribution is 0.101. The molecule has 30 heavy (non-hydrogen) atoms. The molecule has 0 aliphatic rings. The molecule has 0 aliphatic heterocycles. The van der Waals surface area contributed by atoms with Gasteiger partial charge in [-0.15, -0.1) is 0 Å². The summed E-state index contributed by atoms with van der Waals surface area (Å²) >= 11 is 5.61. The van der Waals surface area contributed by atoms with Crippen LogP contribution < -0.4 is 11.1 Å². The molecule has 0 spiro atoms. The van der Waals surface area contributed by atoms with E-state index >= 15 is 0 Å². The summed E-state index contributed by atoms with van der Waals surface area (Å²) in [6.07, 6.45) is 1.11. The lowest BCUT2D eigenvalue weighted by atomic mass is 10.0. The molecule has 0 fully saturated rings. The summed E-state index contributed by atoms with van der Waals surface area (Å²) in [6, 6.07) is 4.52. The van der Waals surface area contributed by atoms with E-state index in [-0.39, 0.29) is 16.3 Å². The molecule has 0 saturated carbocycles. The Kier molecular flexibility index (Phi) is 6.83. The van der Waals surface area contributed by atoms with Crippen LogP contribution in [0.2, 0.25) is 5.02 Å². The van der Waals surface area contributed by atoms with Gasteiger partial charge in [0.15, 0.2) is 21.3 Å². The molecule has 1 amide bonds. The molecule has 1 aromatic carbocycles. The van der Waals surface area contributed by atoms with E-state index in [1.54, 1.807) is 0 Å². The predicted molar refractivity (Wildman–Crippen MR) is 112 cm³/mol. The van der Waals surface area contributed by atoms with Crippen LogP contribution in [0.1, 0.15) is 42.7 Å². The molecule has 0 bridgehead atoms. The molecular formula is C19H21ClF2N4O3S. The highest BCUT2D eigenvalue weighted by Crippen LogP contribution is 2.28. The second kappa shape index (κ2) is 8.65. The van der Waals surface area contributed by atoms with Gasteiger partial charge in [-0.2, -0.15) is 0 Å². The van der Waals surface area contributed by atoms with Crippen LogP contribution in [-0.2, 0) is 9.84 Å². The first-order chi connectivity index (χ1) is 13.8. The van der Waals surface area contributed by atoms with Crippen LogP contribution in [-0.4, -0.2) is 35.6 Å². The maximum absolute atomic E-state index is 14.4. The molecular weight excluding hydrogens is 438 g/mol. The van der Waals surface area contributed by atoms with E-state index < -0.39 is 55.3 Å². The molecule has 1 atom stereocenters. The third kappa shape index (κ3) is 4.93. The van der Waals surface area contributed by atoms with Crippen LogP contribution in [0.4, 0.5) is 14.5 Å². The molecule has 162 valence electrons. The number of hydrogen-bond donors (Lipinski definition) is 3. The Labute approximate surface area is 178 Å². The van der Waals surface area contributed by atoms with Crippen molar-refractivity contribution in [1.82, 2.24) is 4.98 Å². The number of nitrogens with one attached hydrogen (secondary N) is 2. The smallest absolute Gasteiger partial charge is 0.277 e. The van der Waals surface area contributed by atoms with Gasteiger partial charge in [0.05, 0.1) is 10.8 Å². The van der Waals surface area contributed by atoms with Gasteiger partial charge < -0.3 is 11.1 Å². The molecule has 0 radical (unpaired) electrons. The standard InChI is InChI=1S/C19H21ClF2N4O3S/c1-10(9-30(28,29)19(2,3)18(23)24)13-7-12(4-5-14(13)21)26-17(27)16-15(22)6-11(20)8-25-16/h4-8,10H,9H2,1-3H3,(H3,23,24)(H,26,27). The predicted octanol–water partition coefficient (Wildman–Crippen LogP) is 3.50. The first-order valence-corrected chi connectivity index (χ1v) is 10.8. The molecule has 0 saturated heterocycles. The molecule has 1 unspecified atom stereocenters. The summed E-state index contributed by atoms with van der Waals surface area (Å²) in [5.74, 6) is -4.27. The average molecular weight is 459 g/mol. The van der Waals surface area contributed by atoms with Crippen LogP contribution in [0, 0.1) is 17.0 Å². The Hall–Kier alpha value is -2.59. The van der Waals surface area contributed by atoms with E-state index in [4.69, 9.17) is 22.7 Å². The highest BCUT2D eigenvalue weighted by atomic mass is 35.5. The van der Waals surface area contributed by atoms with Gasteiger partial charge in [0.25, 0.3) is 5.91 Å². The van der Waals surface area contributed by atoms with Crippen LogP contribution >= 0.6 is 11.6 Å². The molecule has 1 aromatic heterocycles. The number of carbonyl (C=O) groups is 1. The Bertz CT molecular complexity index is 1110. The quantitative estimate of drug-likeness (QED) is 0.432. The molecule has 2 rings (SSSR count). The number of rotatable bonds is 7. The molecule has 1 heterocycles. The minimum Gasteiger partial charge on any atom is -0.386 e. The lowest BCUT2D eigenvalue weighted by Crippen LogP contribution is -2.46. The highest BCUT2D eigenvalue weighted by Gasteiger charge is 2.38. The molecule has 11 heteroatoms. The number of aromatic nitrogens is 1. The first kappa shape index (κ1) is 23.7. The molecule has 2 aromatic rings. The third-order valence-electron chi connectivity index (χ3n) is 4.70. The lowest BCUT2D eigenvalue weighted by Gasteiger charge is -2.25. The Morgan fingerprint density at radius 2 is 1.93 bits per heavy atom. The van der Waals surface area contributed by atoms with E-state index in [9.17, 15) is 22.0 Å². The number of amidine groups is 1. The Balaban J connectivity index is 2.28. The van der Waals surface area contributed by atoms with Gasteiger partial charge in [0.1, 0.15) is 16.4 Å². The van der Waals surface area contributed by atoms with Gasteiger partial charge in [-0.25, -0.2) is 22.2 Å². The number of nitrogens with two attached hydrogens (primary N) is 1. The summed E-state index contributed by atoms with van der Waals surface area (Å²) in [7, 11) is -3.89. The zero-order chi connectivity index (χ0) is 22.9. The van der Waals surface area contributed by atoms with Gasteiger partial charge in [-0.1, -0.05) is 18.5 Å². The summed E-state index contributed by atoms with van der Waals surface area (Å²) in [5, 5.41) is 9.92. The zero-order valence-electron chi connectivity index (χ0n) is 16.5. The van der Waals surface area contributed by atoms with Crippen molar-refractivity contribution in [3.63, 3.8) is 0 Å². The monoisotopic (exact) mass is 458 g/mol. The minimum atomic E-state index is -3.89. The van der Waals surface area contributed by atoms with Gasteiger partial charge in [-0.05, 0) is 49.6 Å². The summed E-state index contributed by atoms with van der Waals surface area (Å²) in [6.45, 7) is 4.11. The Morgan fingerprint density at radius 3 is 2.50 bits per heavy atom. The van der Waals surface area contributed by atoms with E-state index in [0.717, 1.165) is 18.3 Å². The maximum atomic E-state index is 14.4. The van der Waals surface area contributed by atoms with Crippen molar-refractivity contribution in [2.45, 2.75) is 31.4 Å². The molecule has 4 N–H and O–H groups in total. The fourth-order valence-electron chi connectivity index (χ4n) is 2.57. The largest absolute Gasteiger partial charge is 0.386 e. The number of halogens is 3. The van der Waals surface area contributed by atoms with E-state index in [1.165, 1.54) is 32.9 Å².